The van der Waals surface area contributed by atoms with Crippen molar-refractivity contribution < 1.29 is 4.42 Å². The summed E-state index contributed by atoms with van der Waals surface area (Å²) in [5.41, 5.74) is 16.7. The average Bonchev–Trinajstić information content (AvgIpc) is 4.09. The lowest BCUT2D eigenvalue weighted by atomic mass is 9.68. The van der Waals surface area contributed by atoms with Crippen molar-refractivity contribution in [2.45, 2.75) is 5.41 Å². The van der Waals surface area contributed by atoms with Crippen molar-refractivity contribution in [2.24, 2.45) is 0 Å². The molecule has 0 radical (unpaired) electrons. The predicted octanol–water partition coefficient (Wildman–Crippen LogP) is 18.3. The normalized spacial score (nSPS) is 12.8. The van der Waals surface area contributed by atoms with E-state index in [-0.39, 0.29) is 0 Å². The zero-order chi connectivity index (χ0) is 44.8. The Labute approximate surface area is 398 Å². The first kappa shape index (κ1) is 38.7. The number of fused-ring (bicyclic) bond motifs is 11. The summed E-state index contributed by atoms with van der Waals surface area (Å²) < 4.78 is 9.41. The summed E-state index contributed by atoms with van der Waals surface area (Å²) in [5, 5.41) is 7.12. The molecule has 2 aromatic heterocycles. The van der Waals surface area contributed by atoms with Gasteiger partial charge in [-0.25, -0.2) is 0 Å². The maximum absolute atomic E-state index is 6.80. The van der Waals surface area contributed by atoms with E-state index in [1.807, 2.05) is 11.3 Å². The van der Waals surface area contributed by atoms with Crippen molar-refractivity contribution in [3.63, 3.8) is 0 Å². The lowest BCUT2D eigenvalue weighted by Crippen LogP contribution is -2.28. The highest BCUT2D eigenvalue weighted by Crippen LogP contribution is 2.60. The Morgan fingerprint density at radius 1 is 0.368 bits per heavy atom. The molecule has 0 atom stereocenters. The quantitative estimate of drug-likeness (QED) is 0.159. The molecule has 318 valence electrons. The molecule has 2 nitrogen and oxygen atoms in total. The van der Waals surface area contributed by atoms with Crippen LogP contribution in [0.5, 0.6) is 0 Å². The van der Waals surface area contributed by atoms with Gasteiger partial charge in [0.05, 0.1) is 16.8 Å². The minimum Gasteiger partial charge on any atom is -0.455 e. The Morgan fingerprint density at radius 2 is 0.971 bits per heavy atom. The maximum Gasteiger partial charge on any atom is 0.143 e. The van der Waals surface area contributed by atoms with Crippen LogP contribution in [0.2, 0.25) is 0 Å². The molecule has 13 aromatic rings. The standard InChI is InChI=1S/C65H41NOS/c1-3-19-44(20-4-1)65(45-21-5-2-6-22-45)54-29-12-9-25-51(54)63-55(65)30-17-32-57(63)66(46-39-36-43(37-40-46)47-27-16-35-60-62(47)52-26-11-14-34-59(52)68-60)56-31-13-10-24-49(56)50-28-15-33-58-61(50)53-41-38-42-18-7-8-23-48(42)64(53)67-58/h1-41H. The second-order valence-corrected chi connectivity index (χ2v) is 18.9. The van der Waals surface area contributed by atoms with Crippen LogP contribution in [-0.2, 0) is 5.41 Å². The Balaban J connectivity index is 1.04. The Kier molecular flexibility index (Phi) is 8.71. The van der Waals surface area contributed by atoms with E-state index < -0.39 is 5.41 Å². The Morgan fingerprint density at radius 3 is 1.79 bits per heavy atom. The highest BCUT2D eigenvalue weighted by atomic mass is 32.1. The lowest BCUT2D eigenvalue weighted by molar-refractivity contribution is 0.673. The SMILES string of the molecule is c1ccc(C2(c3ccccc3)c3ccccc3-c3c(N(c4ccc(-c5cccc6sc7ccccc7c56)cc4)c4ccccc4-c4cccc5oc6c7ccccc7ccc6c45)cccc32)cc1. The monoisotopic (exact) mass is 883 g/mol. The summed E-state index contributed by atoms with van der Waals surface area (Å²) >= 11 is 1.86. The number of furan rings is 1. The van der Waals surface area contributed by atoms with Gasteiger partial charge in [0, 0.05) is 53.1 Å². The summed E-state index contributed by atoms with van der Waals surface area (Å²) in [7, 11) is 0. The van der Waals surface area contributed by atoms with Crippen LogP contribution in [0, 0.1) is 0 Å². The van der Waals surface area contributed by atoms with Crippen LogP contribution >= 0.6 is 11.3 Å². The molecule has 0 saturated carbocycles. The zero-order valence-electron chi connectivity index (χ0n) is 36.9. The van der Waals surface area contributed by atoms with Gasteiger partial charge in [0.2, 0.25) is 0 Å². The fourth-order valence-corrected chi connectivity index (χ4v) is 12.7. The Bertz CT molecular complexity index is 4050. The third-order valence-corrected chi connectivity index (χ3v) is 15.5. The van der Waals surface area contributed by atoms with Crippen LogP contribution in [0.4, 0.5) is 17.1 Å². The van der Waals surface area contributed by atoms with E-state index in [0.29, 0.717) is 0 Å². The topological polar surface area (TPSA) is 16.4 Å². The van der Waals surface area contributed by atoms with Crippen molar-refractivity contribution in [1.29, 1.82) is 0 Å². The molecule has 11 aromatic carbocycles. The molecule has 3 heteroatoms. The van der Waals surface area contributed by atoms with Gasteiger partial charge in [0.1, 0.15) is 11.2 Å². The molecule has 0 fully saturated rings. The van der Waals surface area contributed by atoms with Crippen molar-refractivity contribution in [1.82, 2.24) is 0 Å². The number of thiophene rings is 1. The summed E-state index contributed by atoms with van der Waals surface area (Å²) in [5.74, 6) is 0. The van der Waals surface area contributed by atoms with Gasteiger partial charge in [-0.2, -0.15) is 0 Å². The number of hydrogen-bond acceptors (Lipinski definition) is 3. The van der Waals surface area contributed by atoms with E-state index in [0.717, 1.165) is 55.5 Å². The van der Waals surface area contributed by atoms with Gasteiger partial charge in [-0.1, -0.05) is 200 Å². The molecular formula is C65H41NOS. The fraction of sp³-hybridized carbons (Fsp3) is 0.0154. The molecule has 0 bridgehead atoms. The molecule has 0 spiro atoms. The van der Waals surface area contributed by atoms with E-state index in [1.54, 1.807) is 0 Å². The maximum atomic E-state index is 6.80. The minimum absolute atomic E-state index is 0.550. The van der Waals surface area contributed by atoms with Gasteiger partial charge < -0.3 is 9.32 Å². The average molecular weight is 884 g/mol. The number of nitrogens with zero attached hydrogens (tertiary/aromatic N) is 1. The molecule has 14 rings (SSSR count). The van der Waals surface area contributed by atoms with E-state index in [9.17, 15) is 0 Å². The number of para-hydroxylation sites is 1. The molecular weight excluding hydrogens is 843 g/mol. The van der Waals surface area contributed by atoms with Crippen LogP contribution in [0.15, 0.2) is 253 Å². The van der Waals surface area contributed by atoms with Crippen molar-refractivity contribution in [3.8, 4) is 33.4 Å². The fourth-order valence-electron chi connectivity index (χ4n) is 11.5. The van der Waals surface area contributed by atoms with Crippen LogP contribution in [0.25, 0.3) is 86.3 Å². The van der Waals surface area contributed by atoms with Crippen molar-refractivity contribution in [2.75, 3.05) is 4.90 Å². The number of benzene rings is 11. The first-order valence-corrected chi connectivity index (χ1v) is 24.1. The van der Waals surface area contributed by atoms with E-state index >= 15 is 0 Å². The number of hydrogen-bond donors (Lipinski definition) is 0. The molecule has 0 unspecified atom stereocenters. The molecule has 1 aliphatic carbocycles. The molecule has 0 N–H and O–H groups in total. The van der Waals surface area contributed by atoms with Crippen LogP contribution in [0.1, 0.15) is 22.3 Å². The van der Waals surface area contributed by atoms with Crippen LogP contribution in [-0.4, -0.2) is 0 Å². The van der Waals surface area contributed by atoms with E-state index in [1.165, 1.54) is 70.1 Å². The van der Waals surface area contributed by atoms with Gasteiger partial charge in [0.15, 0.2) is 0 Å². The van der Waals surface area contributed by atoms with Crippen LogP contribution < -0.4 is 4.90 Å². The number of rotatable bonds is 7. The molecule has 1 aliphatic rings. The third kappa shape index (κ3) is 5.63. The third-order valence-electron chi connectivity index (χ3n) is 14.4. The van der Waals surface area contributed by atoms with Gasteiger partial charge in [0.25, 0.3) is 0 Å². The second-order valence-electron chi connectivity index (χ2n) is 17.8. The van der Waals surface area contributed by atoms with E-state index in [4.69, 9.17) is 4.42 Å². The Hall–Kier alpha value is -8.50. The lowest BCUT2D eigenvalue weighted by Gasteiger charge is -2.34. The second kappa shape index (κ2) is 15.3. The first-order valence-electron chi connectivity index (χ1n) is 23.3. The highest BCUT2D eigenvalue weighted by molar-refractivity contribution is 7.25. The molecule has 0 amide bonds. The van der Waals surface area contributed by atoms with Gasteiger partial charge in [-0.15, -0.1) is 11.3 Å². The predicted molar refractivity (Wildman–Crippen MR) is 287 cm³/mol. The minimum atomic E-state index is -0.550. The first-order chi connectivity index (χ1) is 33.8. The van der Waals surface area contributed by atoms with E-state index in [2.05, 4.69) is 254 Å². The van der Waals surface area contributed by atoms with Gasteiger partial charge in [-0.05, 0) is 98.4 Å². The summed E-state index contributed by atoms with van der Waals surface area (Å²) in [6, 6.07) is 91.3. The summed E-state index contributed by atoms with van der Waals surface area (Å²) in [6.07, 6.45) is 0. The van der Waals surface area contributed by atoms with Gasteiger partial charge >= 0.3 is 0 Å². The van der Waals surface area contributed by atoms with Gasteiger partial charge in [-0.3, -0.25) is 0 Å². The van der Waals surface area contributed by atoms with Crippen molar-refractivity contribution >= 4 is 81.3 Å². The molecule has 0 saturated heterocycles. The summed E-state index contributed by atoms with van der Waals surface area (Å²) in [4.78, 5) is 2.51. The highest BCUT2D eigenvalue weighted by Gasteiger charge is 2.47. The smallest absolute Gasteiger partial charge is 0.143 e. The van der Waals surface area contributed by atoms with Crippen molar-refractivity contribution in [3.05, 3.63) is 271 Å². The largest absolute Gasteiger partial charge is 0.455 e. The van der Waals surface area contributed by atoms with Crippen LogP contribution in [0.3, 0.4) is 0 Å². The molecule has 0 aliphatic heterocycles. The molecule has 2 heterocycles. The summed E-state index contributed by atoms with van der Waals surface area (Å²) in [6.45, 7) is 0. The zero-order valence-corrected chi connectivity index (χ0v) is 37.8. The number of anilines is 3. The molecule has 68 heavy (non-hydrogen) atoms.